The Hall–Kier alpha value is -2.67. The highest BCUT2D eigenvalue weighted by atomic mass is 19.1. The van der Waals surface area contributed by atoms with Crippen LogP contribution in [0.2, 0.25) is 0 Å². The zero-order valence-electron chi connectivity index (χ0n) is 16.3. The van der Waals surface area contributed by atoms with Gasteiger partial charge in [0.1, 0.15) is 0 Å². The van der Waals surface area contributed by atoms with Crippen molar-refractivity contribution in [3.05, 3.63) is 64.9 Å². The van der Waals surface area contributed by atoms with Crippen molar-refractivity contribution in [3.63, 3.8) is 0 Å². The minimum atomic E-state index is -1.14. The van der Waals surface area contributed by atoms with E-state index in [4.69, 9.17) is 5.11 Å². The maximum absolute atomic E-state index is 13.4. The lowest BCUT2D eigenvalue weighted by Gasteiger charge is -2.35. The zero-order valence-corrected chi connectivity index (χ0v) is 16.3. The minimum Gasteiger partial charge on any atom is -0.503 e. The smallest absolute Gasteiger partial charge is 0.251 e. The number of rotatable bonds is 4. The van der Waals surface area contributed by atoms with E-state index in [0.717, 1.165) is 37.8 Å². The summed E-state index contributed by atoms with van der Waals surface area (Å²) in [5.41, 5.74) is 5.95. The number of phenolic OH excluding ortho intramolecular Hbond substituents is 1. The first-order valence-electron chi connectivity index (χ1n) is 9.99. The van der Waals surface area contributed by atoms with Crippen LogP contribution in [0.5, 0.6) is 5.75 Å². The summed E-state index contributed by atoms with van der Waals surface area (Å²) in [4.78, 5) is 12.2. The molecule has 3 aliphatic rings. The molecular formula is C22H25F2N3O2. The molecule has 0 aromatic heterocycles. The van der Waals surface area contributed by atoms with E-state index < -0.39 is 23.3 Å². The van der Waals surface area contributed by atoms with Crippen molar-refractivity contribution in [1.29, 1.82) is 0 Å². The number of benzene rings is 1. The van der Waals surface area contributed by atoms with Crippen molar-refractivity contribution in [3.8, 4) is 5.75 Å². The Morgan fingerprint density at radius 3 is 2.62 bits per heavy atom. The lowest BCUT2D eigenvalue weighted by molar-refractivity contribution is 0.0932. The number of carbonyl (C=O) groups is 1. The molecule has 1 aliphatic heterocycles. The third-order valence-corrected chi connectivity index (χ3v) is 5.92. The molecule has 154 valence electrons. The molecule has 1 saturated carbocycles. The van der Waals surface area contributed by atoms with Gasteiger partial charge in [-0.2, -0.15) is 0 Å². The van der Waals surface area contributed by atoms with Crippen LogP contribution >= 0.6 is 0 Å². The minimum absolute atomic E-state index is 0.126. The summed E-state index contributed by atoms with van der Waals surface area (Å²) in [6, 6.07) is 2.37. The highest BCUT2D eigenvalue weighted by molar-refractivity contribution is 5.94. The van der Waals surface area contributed by atoms with Gasteiger partial charge in [-0.15, -0.1) is 0 Å². The van der Waals surface area contributed by atoms with Crippen molar-refractivity contribution in [2.75, 3.05) is 6.54 Å². The Kier molecular flexibility index (Phi) is 5.41. The Labute approximate surface area is 168 Å². The van der Waals surface area contributed by atoms with Crippen LogP contribution in [0.15, 0.2) is 47.7 Å². The molecule has 1 atom stereocenters. The summed E-state index contributed by atoms with van der Waals surface area (Å²) in [6.45, 7) is 2.56. The van der Waals surface area contributed by atoms with E-state index in [9.17, 15) is 13.6 Å². The van der Waals surface area contributed by atoms with Crippen LogP contribution in [-0.4, -0.2) is 34.7 Å². The van der Waals surface area contributed by atoms with Crippen LogP contribution < -0.4 is 10.7 Å². The maximum atomic E-state index is 13.4. The Morgan fingerprint density at radius 1 is 1.24 bits per heavy atom. The average molecular weight is 401 g/mol. The first kappa shape index (κ1) is 19.6. The summed E-state index contributed by atoms with van der Waals surface area (Å²) in [5.74, 6) is -3.53. The highest BCUT2D eigenvalue weighted by Gasteiger charge is 2.30. The topological polar surface area (TPSA) is 64.6 Å². The van der Waals surface area contributed by atoms with Crippen LogP contribution in [0.4, 0.5) is 8.78 Å². The second kappa shape index (κ2) is 7.99. The first-order chi connectivity index (χ1) is 13.9. The average Bonchev–Trinajstić information content (AvgIpc) is 3.13. The molecule has 2 aliphatic carbocycles. The summed E-state index contributed by atoms with van der Waals surface area (Å²) in [7, 11) is 0. The number of fused-ring (bicyclic) bond motifs is 1. The van der Waals surface area contributed by atoms with Crippen molar-refractivity contribution in [1.82, 2.24) is 15.8 Å². The van der Waals surface area contributed by atoms with E-state index in [0.29, 0.717) is 18.5 Å². The fourth-order valence-electron chi connectivity index (χ4n) is 4.23. The Balaban J connectivity index is 1.27. The molecule has 4 rings (SSSR count). The molecule has 0 radical (unpaired) electrons. The Morgan fingerprint density at radius 2 is 1.93 bits per heavy atom. The Bertz CT molecular complexity index is 878. The number of hydrazine groups is 1. The van der Waals surface area contributed by atoms with E-state index in [1.807, 2.05) is 0 Å². The van der Waals surface area contributed by atoms with Gasteiger partial charge >= 0.3 is 0 Å². The van der Waals surface area contributed by atoms with Gasteiger partial charge in [0.25, 0.3) is 5.91 Å². The molecule has 1 fully saturated rings. The summed E-state index contributed by atoms with van der Waals surface area (Å²) >= 11 is 0. The van der Waals surface area contributed by atoms with Gasteiger partial charge in [0.05, 0.1) is 6.04 Å². The molecule has 1 unspecified atom stereocenters. The number of phenols is 1. The molecule has 7 heteroatoms. The number of allylic oxidation sites excluding steroid dienone is 2. The normalized spacial score (nSPS) is 26.0. The van der Waals surface area contributed by atoms with Crippen molar-refractivity contribution < 1.29 is 18.7 Å². The van der Waals surface area contributed by atoms with E-state index >= 15 is 0 Å². The molecule has 1 aromatic rings. The molecule has 3 N–H and O–H groups in total. The van der Waals surface area contributed by atoms with E-state index in [2.05, 4.69) is 47.1 Å². The van der Waals surface area contributed by atoms with Crippen LogP contribution in [0.3, 0.4) is 0 Å². The second-order valence-corrected chi connectivity index (χ2v) is 8.06. The molecule has 0 spiro atoms. The molecule has 1 heterocycles. The molecule has 29 heavy (non-hydrogen) atoms. The second-order valence-electron chi connectivity index (χ2n) is 8.06. The van der Waals surface area contributed by atoms with Gasteiger partial charge < -0.3 is 15.4 Å². The molecule has 1 amide bonds. The monoisotopic (exact) mass is 401 g/mol. The van der Waals surface area contributed by atoms with Crippen molar-refractivity contribution in [2.24, 2.45) is 5.92 Å². The number of carbonyl (C=O) groups excluding carboxylic acids is 1. The van der Waals surface area contributed by atoms with Crippen molar-refractivity contribution >= 4 is 5.91 Å². The predicted molar refractivity (Wildman–Crippen MR) is 106 cm³/mol. The van der Waals surface area contributed by atoms with Gasteiger partial charge in [-0.25, -0.2) is 14.2 Å². The summed E-state index contributed by atoms with van der Waals surface area (Å²) in [5, 5.41) is 14.1. The van der Waals surface area contributed by atoms with Crippen LogP contribution in [0.1, 0.15) is 43.0 Å². The maximum Gasteiger partial charge on any atom is 0.251 e. The molecule has 1 aromatic carbocycles. The van der Waals surface area contributed by atoms with Gasteiger partial charge in [-0.05, 0) is 56.2 Å². The van der Waals surface area contributed by atoms with Crippen molar-refractivity contribution in [2.45, 2.75) is 44.7 Å². The zero-order chi connectivity index (χ0) is 20.5. The molecule has 0 bridgehead atoms. The van der Waals surface area contributed by atoms with Crippen LogP contribution in [0.25, 0.3) is 0 Å². The van der Waals surface area contributed by atoms with E-state index in [1.54, 1.807) is 0 Å². The van der Waals surface area contributed by atoms with Gasteiger partial charge in [-0.3, -0.25) is 4.79 Å². The standard InChI is InChI=1S/C22H25F2N3O2/c1-13-2-7-20-16(8-13)12-27(26-20)17-5-3-14(4-6-17)11-25-22(29)15-9-18(23)21(28)19(24)10-15/h2,7-10,12,14,17,20,26,28H,3-6,11H2,1H3,(H,25,29). The third kappa shape index (κ3) is 4.19. The largest absolute Gasteiger partial charge is 0.503 e. The van der Waals surface area contributed by atoms with Gasteiger partial charge in [0, 0.05) is 24.4 Å². The summed E-state index contributed by atoms with van der Waals surface area (Å²) < 4.78 is 26.8. The molecule has 5 nitrogen and oxygen atoms in total. The lowest BCUT2D eigenvalue weighted by Crippen LogP contribution is -2.44. The fourth-order valence-corrected chi connectivity index (χ4v) is 4.23. The number of nitrogens with one attached hydrogen (secondary N) is 2. The first-order valence-corrected chi connectivity index (χ1v) is 9.99. The van der Waals surface area contributed by atoms with E-state index in [-0.39, 0.29) is 11.6 Å². The van der Waals surface area contributed by atoms with Crippen LogP contribution in [-0.2, 0) is 0 Å². The lowest BCUT2D eigenvalue weighted by atomic mass is 9.85. The van der Waals surface area contributed by atoms with Crippen LogP contribution in [0, 0.1) is 17.6 Å². The van der Waals surface area contributed by atoms with Gasteiger partial charge in [0.2, 0.25) is 0 Å². The number of aromatic hydroxyl groups is 1. The van der Waals surface area contributed by atoms with E-state index in [1.165, 1.54) is 11.1 Å². The number of amides is 1. The number of halogens is 2. The molecular weight excluding hydrogens is 376 g/mol. The SMILES string of the molecule is CC1=CC2=CN(C3CCC(CNC(=O)c4cc(F)c(O)c(F)c4)CC3)NC2C=C1. The quantitative estimate of drug-likeness (QED) is 0.722. The predicted octanol–water partition coefficient (Wildman–Crippen LogP) is 3.55. The van der Waals surface area contributed by atoms with Gasteiger partial charge in [0.15, 0.2) is 17.4 Å². The third-order valence-electron chi connectivity index (χ3n) is 5.92. The fraction of sp³-hybridized carbons (Fsp3) is 0.409. The molecule has 0 saturated heterocycles. The number of hydrogen-bond acceptors (Lipinski definition) is 4. The van der Waals surface area contributed by atoms with Gasteiger partial charge in [-0.1, -0.05) is 23.8 Å². The number of hydrogen-bond donors (Lipinski definition) is 3. The highest BCUT2D eigenvalue weighted by Crippen LogP contribution is 2.31. The summed E-state index contributed by atoms with van der Waals surface area (Å²) in [6.07, 6.45) is 12.7. The number of nitrogens with zero attached hydrogens (tertiary/aromatic N) is 1.